The Kier molecular flexibility index (Phi) is 3.85. The third-order valence-corrected chi connectivity index (χ3v) is 1.02. The SMILES string of the molecule is F/C(Br)=C(/F)C(F)C(F)F. The predicted molar refractivity (Wildman–Crippen MR) is 29.1 cm³/mol. The van der Waals surface area contributed by atoms with E-state index in [0.717, 1.165) is 0 Å². The molecule has 0 bridgehead atoms. The van der Waals surface area contributed by atoms with Crippen LogP contribution < -0.4 is 0 Å². The van der Waals surface area contributed by atoms with Crippen molar-refractivity contribution in [3.05, 3.63) is 10.6 Å². The first-order chi connectivity index (χ1) is 4.46. The second-order valence-electron chi connectivity index (χ2n) is 1.34. The van der Waals surface area contributed by atoms with Gasteiger partial charge in [-0.2, -0.15) is 4.39 Å². The van der Waals surface area contributed by atoms with E-state index in [1.807, 2.05) is 15.9 Å². The Labute approximate surface area is 61.8 Å². The van der Waals surface area contributed by atoms with Crippen molar-refractivity contribution >= 4 is 15.9 Å². The van der Waals surface area contributed by atoms with E-state index >= 15 is 0 Å². The van der Waals surface area contributed by atoms with E-state index in [-0.39, 0.29) is 0 Å². The second-order valence-corrected chi connectivity index (χ2v) is 2.04. The molecule has 0 radical (unpaired) electrons. The van der Waals surface area contributed by atoms with Gasteiger partial charge in [0.1, 0.15) is 0 Å². The molecule has 1 atom stereocenters. The van der Waals surface area contributed by atoms with E-state index in [0.29, 0.717) is 0 Å². The van der Waals surface area contributed by atoms with Gasteiger partial charge in [0.25, 0.3) is 6.43 Å². The van der Waals surface area contributed by atoms with Crippen LogP contribution in [0.3, 0.4) is 0 Å². The summed E-state index contributed by atoms with van der Waals surface area (Å²) in [4.78, 5) is 0. The molecule has 0 aromatic rings. The average Bonchev–Trinajstić information content (AvgIpc) is 1.84. The molecule has 0 aromatic carbocycles. The molecule has 6 heteroatoms. The quantitative estimate of drug-likeness (QED) is 0.633. The highest BCUT2D eigenvalue weighted by Crippen LogP contribution is 2.23. The second kappa shape index (κ2) is 3.90. The van der Waals surface area contributed by atoms with Crippen LogP contribution in [0.4, 0.5) is 22.0 Å². The van der Waals surface area contributed by atoms with Gasteiger partial charge in [-0.3, -0.25) is 0 Å². The maximum atomic E-state index is 11.8. The number of alkyl halides is 3. The minimum Gasteiger partial charge on any atom is -0.233 e. The molecule has 0 saturated carbocycles. The summed E-state index contributed by atoms with van der Waals surface area (Å²) in [5.74, 6) is -2.12. The van der Waals surface area contributed by atoms with Gasteiger partial charge in [-0.05, 0) is 15.9 Å². The van der Waals surface area contributed by atoms with E-state index < -0.39 is 23.2 Å². The summed E-state index contributed by atoms with van der Waals surface area (Å²) in [6, 6.07) is 0. The van der Waals surface area contributed by atoms with Crippen LogP contribution in [0.15, 0.2) is 10.6 Å². The molecule has 0 aromatic heterocycles. The summed E-state index contributed by atoms with van der Waals surface area (Å²) in [7, 11) is 0. The van der Waals surface area contributed by atoms with Crippen LogP contribution in [0.5, 0.6) is 0 Å². The summed E-state index contributed by atoms with van der Waals surface area (Å²) in [6.07, 6.45) is -6.72. The third-order valence-electron chi connectivity index (χ3n) is 0.644. The van der Waals surface area contributed by atoms with Crippen LogP contribution in [-0.2, 0) is 0 Å². The molecule has 0 saturated heterocycles. The van der Waals surface area contributed by atoms with E-state index in [4.69, 9.17) is 0 Å². The highest BCUT2D eigenvalue weighted by Gasteiger charge is 2.27. The maximum absolute atomic E-state index is 11.8. The minimum absolute atomic E-state index is 1.74. The topological polar surface area (TPSA) is 0 Å². The summed E-state index contributed by atoms with van der Waals surface area (Å²) in [5.41, 5.74) is 0. The van der Waals surface area contributed by atoms with Gasteiger partial charge in [0.15, 0.2) is 10.6 Å². The van der Waals surface area contributed by atoms with Crippen molar-refractivity contribution in [3.63, 3.8) is 0 Å². The van der Waals surface area contributed by atoms with Crippen LogP contribution in [0.25, 0.3) is 0 Å². The Morgan fingerprint density at radius 2 is 1.50 bits per heavy atom. The lowest BCUT2D eigenvalue weighted by atomic mass is 10.4. The molecule has 0 heterocycles. The fraction of sp³-hybridized carbons (Fsp3) is 0.500. The summed E-state index contributed by atoms with van der Waals surface area (Å²) >= 11 is 1.87. The van der Waals surface area contributed by atoms with Crippen LogP contribution in [0.1, 0.15) is 0 Å². The molecule has 0 amide bonds. The summed E-state index contributed by atoms with van der Waals surface area (Å²) < 4.78 is 55.7. The van der Waals surface area contributed by atoms with E-state index in [9.17, 15) is 22.0 Å². The lowest BCUT2D eigenvalue weighted by molar-refractivity contribution is 0.0565. The third kappa shape index (κ3) is 2.64. The highest BCUT2D eigenvalue weighted by molar-refractivity contribution is 9.11. The Hall–Kier alpha value is -0.130. The first kappa shape index (κ1) is 9.87. The van der Waals surface area contributed by atoms with Crippen LogP contribution in [0.2, 0.25) is 0 Å². The molecule has 0 N–H and O–H groups in total. The molecule has 0 aliphatic carbocycles. The monoisotopic (exact) mass is 224 g/mol. The molecule has 0 nitrogen and oxygen atoms in total. The van der Waals surface area contributed by atoms with Gasteiger partial charge in [-0.25, -0.2) is 17.6 Å². The van der Waals surface area contributed by atoms with Gasteiger partial charge >= 0.3 is 0 Å². The fourth-order valence-electron chi connectivity index (χ4n) is 0.215. The lowest BCUT2D eigenvalue weighted by Gasteiger charge is -2.01. The molecule has 0 fully saturated rings. The average molecular weight is 225 g/mol. The van der Waals surface area contributed by atoms with E-state index in [1.54, 1.807) is 0 Å². The molecule has 60 valence electrons. The van der Waals surface area contributed by atoms with Crippen LogP contribution in [0, 0.1) is 0 Å². The van der Waals surface area contributed by atoms with Crippen molar-refractivity contribution in [1.29, 1.82) is 0 Å². The van der Waals surface area contributed by atoms with Crippen molar-refractivity contribution in [3.8, 4) is 0 Å². The van der Waals surface area contributed by atoms with E-state index in [1.165, 1.54) is 0 Å². The first-order valence-corrected chi connectivity index (χ1v) is 2.89. The number of allylic oxidation sites excluding steroid dienone is 1. The van der Waals surface area contributed by atoms with Gasteiger partial charge in [-0.1, -0.05) is 0 Å². The fourth-order valence-corrected chi connectivity index (χ4v) is 0.434. The molecular weight excluding hydrogens is 223 g/mol. The lowest BCUT2D eigenvalue weighted by Crippen LogP contribution is -2.12. The Balaban J connectivity index is 4.22. The van der Waals surface area contributed by atoms with Gasteiger partial charge in [0.2, 0.25) is 6.17 Å². The van der Waals surface area contributed by atoms with Gasteiger partial charge in [-0.15, -0.1) is 0 Å². The number of halogens is 6. The number of hydrogen-bond acceptors (Lipinski definition) is 0. The summed E-state index contributed by atoms with van der Waals surface area (Å²) in [5, 5.41) is 0. The normalized spacial score (nSPS) is 17.1. The first-order valence-electron chi connectivity index (χ1n) is 2.09. The minimum atomic E-state index is -3.54. The van der Waals surface area contributed by atoms with Crippen molar-refractivity contribution in [1.82, 2.24) is 0 Å². The summed E-state index contributed by atoms with van der Waals surface area (Å²) in [6.45, 7) is 0. The Bertz CT molecular complexity index is 139. The van der Waals surface area contributed by atoms with Crippen molar-refractivity contribution in [2.45, 2.75) is 12.6 Å². The smallest absolute Gasteiger partial charge is 0.233 e. The Morgan fingerprint density at radius 1 is 1.10 bits per heavy atom. The zero-order valence-electron chi connectivity index (χ0n) is 4.42. The molecule has 0 rings (SSSR count). The maximum Gasteiger partial charge on any atom is 0.275 e. The molecule has 0 spiro atoms. The van der Waals surface area contributed by atoms with Gasteiger partial charge in [0, 0.05) is 0 Å². The molecule has 10 heavy (non-hydrogen) atoms. The van der Waals surface area contributed by atoms with Gasteiger partial charge in [0.05, 0.1) is 0 Å². The van der Waals surface area contributed by atoms with Crippen molar-refractivity contribution < 1.29 is 22.0 Å². The molecule has 1 unspecified atom stereocenters. The van der Waals surface area contributed by atoms with Crippen LogP contribution >= 0.6 is 15.9 Å². The standard InChI is InChI=1S/C4H2BrF5/c5-3(8)1(6)2(7)4(9)10/h2,4H/b3-1+. The zero-order valence-corrected chi connectivity index (χ0v) is 6.01. The molecular formula is C4H2BrF5. The highest BCUT2D eigenvalue weighted by atomic mass is 79.9. The Morgan fingerprint density at radius 3 is 1.60 bits per heavy atom. The molecule has 0 aliphatic rings. The number of hydrogen-bond donors (Lipinski definition) is 0. The number of rotatable bonds is 2. The predicted octanol–water partition coefficient (Wildman–Crippen LogP) is 3.09. The van der Waals surface area contributed by atoms with Gasteiger partial charge < -0.3 is 0 Å². The van der Waals surface area contributed by atoms with E-state index in [2.05, 4.69) is 0 Å². The molecule has 0 aliphatic heterocycles. The van der Waals surface area contributed by atoms with Crippen molar-refractivity contribution in [2.24, 2.45) is 0 Å². The zero-order chi connectivity index (χ0) is 8.31. The van der Waals surface area contributed by atoms with Crippen LogP contribution in [-0.4, -0.2) is 12.6 Å². The van der Waals surface area contributed by atoms with Crippen molar-refractivity contribution in [2.75, 3.05) is 0 Å². The largest absolute Gasteiger partial charge is 0.275 e.